The lowest BCUT2D eigenvalue weighted by Crippen LogP contribution is -2.41. The van der Waals surface area contributed by atoms with Crippen LogP contribution in [0.25, 0.3) is 18.2 Å². The van der Waals surface area contributed by atoms with Crippen LogP contribution in [0.5, 0.6) is 0 Å². The lowest BCUT2D eigenvalue weighted by Gasteiger charge is -2.33. The molecular weight excluding hydrogens is 625 g/mol. The van der Waals surface area contributed by atoms with E-state index >= 15 is 0 Å². The molecule has 0 saturated carbocycles. The third kappa shape index (κ3) is 9.21. The molecule has 0 bridgehead atoms. The highest BCUT2D eigenvalue weighted by atomic mass is 33.1. The number of benzene rings is 2. The van der Waals surface area contributed by atoms with Gasteiger partial charge in [0.05, 0.1) is 5.75 Å². The van der Waals surface area contributed by atoms with E-state index in [2.05, 4.69) is 144 Å². The molecule has 0 radical (unpaired) electrons. The van der Waals surface area contributed by atoms with Gasteiger partial charge in [0.15, 0.2) is 17.9 Å². The number of rotatable bonds is 13. The number of aromatic nitrogens is 1. The predicted octanol–water partition coefficient (Wildman–Crippen LogP) is 9.59. The van der Waals surface area contributed by atoms with Crippen LogP contribution in [0, 0.1) is 13.8 Å². The first kappa shape index (κ1) is 34.5. The third-order valence-corrected chi connectivity index (χ3v) is 12.3. The zero-order chi connectivity index (χ0) is 33.3. The number of allylic oxidation sites excluding steroid dienone is 4. The lowest BCUT2D eigenvalue weighted by molar-refractivity contribution is -0.704. The van der Waals surface area contributed by atoms with Crippen LogP contribution in [0.2, 0.25) is 0 Å². The van der Waals surface area contributed by atoms with E-state index in [1.807, 2.05) is 21.6 Å². The van der Waals surface area contributed by atoms with Crippen molar-refractivity contribution in [3.05, 3.63) is 118 Å². The molecule has 2 fully saturated rings. The van der Waals surface area contributed by atoms with E-state index in [4.69, 9.17) is 0 Å². The molecule has 2 saturated heterocycles. The molecule has 4 heterocycles. The van der Waals surface area contributed by atoms with Crippen molar-refractivity contribution in [2.45, 2.75) is 66.0 Å². The maximum Gasteiger partial charge on any atom is 0.179 e. The van der Waals surface area contributed by atoms with Crippen LogP contribution in [0.1, 0.15) is 67.6 Å². The van der Waals surface area contributed by atoms with Gasteiger partial charge < -0.3 is 14.7 Å². The minimum absolute atomic E-state index is 0.403. The molecule has 0 aliphatic carbocycles. The Morgan fingerprint density at radius 2 is 1.17 bits per heavy atom. The SMILES string of the molecule is CC1=CC(/C=C/c2ccc(N3CCCC3)cc2)=CC(C)N1CCSSCC[n+]1c(C)cc(/C=C/c2ccc(N3CCCC3)cc2)cc1C. The third-order valence-electron chi connectivity index (χ3n) is 9.92. The summed E-state index contributed by atoms with van der Waals surface area (Å²) in [4.78, 5) is 7.51. The summed E-state index contributed by atoms with van der Waals surface area (Å²) in [6.45, 7) is 15.9. The fourth-order valence-electron chi connectivity index (χ4n) is 7.26. The summed E-state index contributed by atoms with van der Waals surface area (Å²) in [5.74, 6) is 2.22. The normalized spacial score (nSPS) is 18.4. The van der Waals surface area contributed by atoms with Crippen molar-refractivity contribution < 1.29 is 4.57 Å². The Hall–Kier alpha value is -3.35. The van der Waals surface area contributed by atoms with E-state index in [1.54, 1.807) is 0 Å². The zero-order valence-electron chi connectivity index (χ0n) is 29.4. The van der Waals surface area contributed by atoms with Crippen molar-refractivity contribution in [2.75, 3.05) is 54.0 Å². The van der Waals surface area contributed by atoms with Crippen LogP contribution < -0.4 is 14.4 Å². The first-order valence-corrected chi connectivity index (χ1v) is 20.4. The summed E-state index contributed by atoms with van der Waals surface area (Å²) in [6.07, 6.45) is 19.0. The second-order valence-electron chi connectivity index (χ2n) is 13.5. The summed E-state index contributed by atoms with van der Waals surface area (Å²) in [5.41, 5.74) is 11.8. The Labute approximate surface area is 297 Å². The molecule has 4 nitrogen and oxygen atoms in total. The van der Waals surface area contributed by atoms with Crippen molar-refractivity contribution in [2.24, 2.45) is 0 Å². The van der Waals surface area contributed by atoms with E-state index in [9.17, 15) is 0 Å². The van der Waals surface area contributed by atoms with Gasteiger partial charge in [-0.05, 0) is 92.1 Å². The molecule has 2 aromatic carbocycles. The number of pyridine rings is 1. The Kier molecular flexibility index (Phi) is 12.1. The standard InChI is InChI=1S/C42H53N4S2/c1-33-29-39(11-9-37-13-17-41(18-14-37)43-21-5-6-22-43)30-34(2)45(33)25-27-47-48-28-26-46-35(3)31-40(32-36(46)4)12-10-38-15-19-42(20-16-38)44-23-7-8-24-44/h9-20,29-33H,5-8,21-28H2,1-4H3/q+1/b11-9+. The minimum atomic E-state index is 0.403. The van der Waals surface area contributed by atoms with Crippen molar-refractivity contribution in [3.63, 3.8) is 0 Å². The average molecular weight is 678 g/mol. The highest BCUT2D eigenvalue weighted by molar-refractivity contribution is 8.76. The van der Waals surface area contributed by atoms with Crippen LogP contribution in [-0.4, -0.2) is 55.2 Å². The van der Waals surface area contributed by atoms with E-state index in [-0.39, 0.29) is 0 Å². The fourth-order valence-corrected chi connectivity index (χ4v) is 9.18. The van der Waals surface area contributed by atoms with E-state index in [0.717, 1.165) is 24.6 Å². The topological polar surface area (TPSA) is 13.6 Å². The van der Waals surface area contributed by atoms with Gasteiger partial charge in [-0.3, -0.25) is 0 Å². The van der Waals surface area contributed by atoms with Gasteiger partial charge in [-0.25, -0.2) is 0 Å². The zero-order valence-corrected chi connectivity index (χ0v) is 31.0. The molecule has 1 aromatic heterocycles. The van der Waals surface area contributed by atoms with Crippen LogP contribution in [-0.2, 0) is 6.54 Å². The molecule has 0 N–H and O–H groups in total. The van der Waals surface area contributed by atoms with Gasteiger partial charge in [-0.1, -0.05) is 76.2 Å². The number of anilines is 2. The first-order valence-electron chi connectivity index (χ1n) is 17.9. The number of aryl methyl sites for hydroxylation is 2. The molecule has 48 heavy (non-hydrogen) atoms. The molecule has 1 unspecified atom stereocenters. The second-order valence-corrected chi connectivity index (χ2v) is 16.2. The highest BCUT2D eigenvalue weighted by Gasteiger charge is 2.18. The van der Waals surface area contributed by atoms with Gasteiger partial charge in [0.25, 0.3) is 0 Å². The summed E-state index contributed by atoms with van der Waals surface area (Å²) in [6, 6.07) is 23.1. The molecule has 1 atom stereocenters. The lowest BCUT2D eigenvalue weighted by atomic mass is 10.0. The molecular formula is C42H53N4S2+. The Morgan fingerprint density at radius 3 is 1.71 bits per heavy atom. The van der Waals surface area contributed by atoms with Crippen molar-refractivity contribution >= 4 is 51.2 Å². The van der Waals surface area contributed by atoms with Gasteiger partial charge in [0.1, 0.15) is 0 Å². The maximum absolute atomic E-state index is 2.53. The van der Waals surface area contributed by atoms with Gasteiger partial charge in [-0.2, -0.15) is 4.57 Å². The van der Waals surface area contributed by atoms with E-state index in [0.29, 0.717) is 6.04 Å². The van der Waals surface area contributed by atoms with Crippen LogP contribution in [0.4, 0.5) is 11.4 Å². The van der Waals surface area contributed by atoms with Gasteiger partial charge in [0.2, 0.25) is 0 Å². The second kappa shape index (κ2) is 16.8. The van der Waals surface area contributed by atoms with Gasteiger partial charge in [-0.15, -0.1) is 0 Å². The smallest absolute Gasteiger partial charge is 0.179 e. The largest absolute Gasteiger partial charge is 0.372 e. The van der Waals surface area contributed by atoms with E-state index in [1.165, 1.54) is 103 Å². The maximum atomic E-state index is 2.53. The Balaban J connectivity index is 0.915. The molecule has 0 spiro atoms. The monoisotopic (exact) mass is 677 g/mol. The van der Waals surface area contributed by atoms with E-state index < -0.39 is 0 Å². The molecule has 6 rings (SSSR count). The van der Waals surface area contributed by atoms with Gasteiger partial charge >= 0.3 is 0 Å². The first-order chi connectivity index (χ1) is 23.4. The molecule has 0 amide bonds. The average Bonchev–Trinajstić information content (AvgIpc) is 3.83. The number of nitrogens with zero attached hydrogens (tertiary/aromatic N) is 4. The van der Waals surface area contributed by atoms with Crippen molar-refractivity contribution in [3.8, 4) is 0 Å². The van der Waals surface area contributed by atoms with Crippen LogP contribution >= 0.6 is 21.6 Å². The number of hydrogen-bond donors (Lipinski definition) is 0. The Morgan fingerprint density at radius 1 is 0.667 bits per heavy atom. The molecule has 252 valence electrons. The molecule has 3 aromatic rings. The van der Waals surface area contributed by atoms with Gasteiger partial charge in [0, 0.05) is 87.6 Å². The quantitative estimate of drug-likeness (QED) is 0.101. The summed E-state index contributed by atoms with van der Waals surface area (Å²) >= 11 is 0. The predicted molar refractivity (Wildman–Crippen MR) is 213 cm³/mol. The Bertz CT molecular complexity index is 1600. The minimum Gasteiger partial charge on any atom is -0.372 e. The van der Waals surface area contributed by atoms with Crippen LogP contribution in [0.15, 0.2) is 90.2 Å². The van der Waals surface area contributed by atoms with Crippen molar-refractivity contribution in [1.29, 1.82) is 0 Å². The molecule has 3 aliphatic heterocycles. The highest BCUT2D eigenvalue weighted by Crippen LogP contribution is 2.27. The molecule has 6 heteroatoms. The fraction of sp³-hybridized carbons (Fsp3) is 0.405. The van der Waals surface area contributed by atoms with Crippen LogP contribution in [0.3, 0.4) is 0 Å². The summed E-state index contributed by atoms with van der Waals surface area (Å²) in [5, 5.41) is 0. The summed E-state index contributed by atoms with van der Waals surface area (Å²) in [7, 11) is 4.00. The summed E-state index contributed by atoms with van der Waals surface area (Å²) < 4.78 is 2.46. The number of hydrogen-bond acceptors (Lipinski definition) is 5. The van der Waals surface area contributed by atoms with Crippen molar-refractivity contribution in [1.82, 2.24) is 4.90 Å². The molecule has 3 aliphatic rings.